The highest BCUT2D eigenvalue weighted by molar-refractivity contribution is 6.32. The molecular formula is C17H26ClNO3. The van der Waals surface area contributed by atoms with Gasteiger partial charge in [0, 0.05) is 26.2 Å². The topological polar surface area (TPSA) is 41.9 Å². The van der Waals surface area contributed by atoms with Gasteiger partial charge in [-0.25, -0.2) is 0 Å². The molecule has 4 nitrogen and oxygen atoms in total. The lowest BCUT2D eigenvalue weighted by Crippen LogP contribution is -2.33. The number of hydrogen-bond acceptors (Lipinski definition) is 4. The standard InChI is InChI=1S/C17H26ClNO3/c1-17(2,3)12-19(5-4-6-20)11-13-9-14(18)16-15(10-13)21-7-8-22-16/h9-10,20H,4-8,11-12H2,1-3H3. The van der Waals surface area contributed by atoms with Crippen LogP contribution in [0.15, 0.2) is 12.1 Å². The maximum absolute atomic E-state index is 9.10. The molecule has 22 heavy (non-hydrogen) atoms. The number of rotatable bonds is 6. The molecule has 0 aromatic heterocycles. The Morgan fingerprint density at radius 3 is 2.64 bits per heavy atom. The first-order chi connectivity index (χ1) is 10.4. The lowest BCUT2D eigenvalue weighted by atomic mass is 9.95. The van der Waals surface area contributed by atoms with E-state index in [1.165, 1.54) is 0 Å². The fourth-order valence-corrected chi connectivity index (χ4v) is 2.98. The summed E-state index contributed by atoms with van der Waals surface area (Å²) < 4.78 is 11.2. The third-order valence-electron chi connectivity index (χ3n) is 3.39. The first kappa shape index (κ1) is 17.4. The van der Waals surface area contributed by atoms with Crippen molar-refractivity contribution in [3.63, 3.8) is 0 Å². The Hall–Kier alpha value is -0.970. The van der Waals surface area contributed by atoms with Crippen LogP contribution in [0, 0.1) is 5.41 Å². The smallest absolute Gasteiger partial charge is 0.179 e. The molecule has 0 fully saturated rings. The molecule has 0 bridgehead atoms. The van der Waals surface area contributed by atoms with Crippen LogP contribution in [0.4, 0.5) is 0 Å². The lowest BCUT2D eigenvalue weighted by molar-refractivity contribution is 0.162. The first-order valence-corrected chi connectivity index (χ1v) is 8.18. The molecule has 5 heteroatoms. The van der Waals surface area contributed by atoms with Crippen LogP contribution < -0.4 is 9.47 Å². The summed E-state index contributed by atoms with van der Waals surface area (Å²) in [7, 11) is 0. The zero-order valence-electron chi connectivity index (χ0n) is 13.7. The van der Waals surface area contributed by atoms with Crippen molar-refractivity contribution in [2.75, 3.05) is 32.9 Å². The van der Waals surface area contributed by atoms with Crippen molar-refractivity contribution in [1.29, 1.82) is 0 Å². The molecule has 0 spiro atoms. The molecule has 1 aliphatic rings. The minimum Gasteiger partial charge on any atom is -0.486 e. The van der Waals surface area contributed by atoms with Crippen LogP contribution in [0.1, 0.15) is 32.8 Å². The van der Waals surface area contributed by atoms with Gasteiger partial charge in [0.2, 0.25) is 0 Å². The summed E-state index contributed by atoms with van der Waals surface area (Å²) in [6.45, 7) is 10.6. The molecule has 0 atom stereocenters. The fraction of sp³-hybridized carbons (Fsp3) is 0.647. The average molecular weight is 328 g/mol. The van der Waals surface area contributed by atoms with Gasteiger partial charge in [0.25, 0.3) is 0 Å². The number of nitrogens with zero attached hydrogens (tertiary/aromatic N) is 1. The van der Waals surface area contributed by atoms with E-state index in [0.29, 0.717) is 24.0 Å². The third kappa shape index (κ3) is 5.04. The van der Waals surface area contributed by atoms with Crippen LogP contribution >= 0.6 is 11.6 Å². The molecule has 0 aliphatic carbocycles. The van der Waals surface area contributed by atoms with E-state index in [9.17, 15) is 0 Å². The van der Waals surface area contributed by atoms with Crippen molar-refractivity contribution in [1.82, 2.24) is 4.90 Å². The Kier molecular flexibility index (Phi) is 5.95. The largest absolute Gasteiger partial charge is 0.486 e. The highest BCUT2D eigenvalue weighted by Crippen LogP contribution is 2.38. The van der Waals surface area contributed by atoms with Crippen LogP contribution in [0.3, 0.4) is 0 Å². The number of ether oxygens (including phenoxy) is 2. The van der Waals surface area contributed by atoms with Crippen molar-refractivity contribution in [2.24, 2.45) is 5.41 Å². The summed E-state index contributed by atoms with van der Waals surface area (Å²) in [5.41, 5.74) is 1.31. The number of aliphatic hydroxyl groups is 1. The first-order valence-electron chi connectivity index (χ1n) is 7.80. The molecular weight excluding hydrogens is 302 g/mol. The fourth-order valence-electron chi connectivity index (χ4n) is 2.69. The molecule has 1 N–H and O–H groups in total. The van der Waals surface area contributed by atoms with Gasteiger partial charge in [-0.15, -0.1) is 0 Å². The average Bonchev–Trinajstić information content (AvgIpc) is 2.43. The van der Waals surface area contributed by atoms with Gasteiger partial charge < -0.3 is 14.6 Å². The van der Waals surface area contributed by atoms with Crippen molar-refractivity contribution in [3.05, 3.63) is 22.7 Å². The van der Waals surface area contributed by atoms with E-state index in [1.807, 2.05) is 12.1 Å². The van der Waals surface area contributed by atoms with Crippen molar-refractivity contribution in [2.45, 2.75) is 33.7 Å². The van der Waals surface area contributed by atoms with Gasteiger partial charge in [-0.2, -0.15) is 0 Å². The SMILES string of the molecule is CC(C)(C)CN(CCCO)Cc1cc(Cl)c2c(c1)OCCO2. The molecule has 1 aromatic carbocycles. The maximum Gasteiger partial charge on any atom is 0.179 e. The van der Waals surface area contributed by atoms with E-state index in [-0.39, 0.29) is 12.0 Å². The molecule has 0 radical (unpaired) electrons. The molecule has 2 rings (SSSR count). The molecule has 1 heterocycles. The molecule has 1 aliphatic heterocycles. The lowest BCUT2D eigenvalue weighted by Gasteiger charge is -2.30. The summed E-state index contributed by atoms with van der Waals surface area (Å²) in [4.78, 5) is 2.35. The van der Waals surface area contributed by atoms with Gasteiger partial charge >= 0.3 is 0 Å². The summed E-state index contributed by atoms with van der Waals surface area (Å²) in [5.74, 6) is 1.38. The van der Waals surface area contributed by atoms with Gasteiger partial charge in [0.05, 0.1) is 5.02 Å². The summed E-state index contributed by atoms with van der Waals surface area (Å²) in [6, 6.07) is 3.96. The van der Waals surface area contributed by atoms with E-state index in [2.05, 4.69) is 25.7 Å². The predicted octanol–water partition coefficient (Wildman–Crippen LogP) is 3.34. The molecule has 1 aromatic rings. The van der Waals surface area contributed by atoms with Crippen molar-refractivity contribution < 1.29 is 14.6 Å². The van der Waals surface area contributed by atoms with Crippen LogP contribution in [0.25, 0.3) is 0 Å². The Bertz CT molecular complexity index is 499. The minimum atomic E-state index is 0.201. The van der Waals surface area contributed by atoms with Gasteiger partial charge in [0.15, 0.2) is 11.5 Å². The van der Waals surface area contributed by atoms with Gasteiger partial charge in [-0.3, -0.25) is 4.90 Å². The van der Waals surface area contributed by atoms with Crippen molar-refractivity contribution >= 4 is 11.6 Å². The summed E-state index contributed by atoms with van der Waals surface area (Å²) in [5, 5.41) is 9.70. The Morgan fingerprint density at radius 1 is 1.23 bits per heavy atom. The minimum absolute atomic E-state index is 0.201. The Balaban J connectivity index is 2.13. The monoisotopic (exact) mass is 327 g/mol. The van der Waals surface area contributed by atoms with Gasteiger partial charge in [-0.05, 0) is 29.5 Å². The normalized spacial score (nSPS) is 14.5. The van der Waals surface area contributed by atoms with E-state index >= 15 is 0 Å². The molecule has 0 amide bonds. The van der Waals surface area contributed by atoms with E-state index in [4.69, 9.17) is 26.2 Å². The number of benzene rings is 1. The second-order valence-corrected chi connectivity index (χ2v) is 7.36. The van der Waals surface area contributed by atoms with Crippen LogP contribution in [0.2, 0.25) is 5.02 Å². The zero-order chi connectivity index (χ0) is 16.2. The number of aliphatic hydroxyl groups excluding tert-OH is 1. The van der Waals surface area contributed by atoms with Crippen LogP contribution in [0.5, 0.6) is 11.5 Å². The van der Waals surface area contributed by atoms with Crippen molar-refractivity contribution in [3.8, 4) is 11.5 Å². The van der Waals surface area contributed by atoms with Gasteiger partial charge in [0.1, 0.15) is 13.2 Å². The van der Waals surface area contributed by atoms with Gasteiger partial charge in [-0.1, -0.05) is 32.4 Å². The van der Waals surface area contributed by atoms with E-state index in [1.54, 1.807) is 0 Å². The molecule has 0 saturated heterocycles. The van der Waals surface area contributed by atoms with E-state index in [0.717, 1.165) is 37.4 Å². The van der Waals surface area contributed by atoms with Crippen LogP contribution in [-0.2, 0) is 6.54 Å². The zero-order valence-corrected chi connectivity index (χ0v) is 14.4. The molecule has 0 saturated carbocycles. The van der Waals surface area contributed by atoms with Crippen LogP contribution in [-0.4, -0.2) is 42.9 Å². The quantitative estimate of drug-likeness (QED) is 0.870. The predicted molar refractivity (Wildman–Crippen MR) is 88.9 cm³/mol. The number of hydrogen-bond donors (Lipinski definition) is 1. The Morgan fingerprint density at radius 2 is 1.95 bits per heavy atom. The van der Waals surface area contributed by atoms with E-state index < -0.39 is 0 Å². The molecule has 0 unspecified atom stereocenters. The molecule has 124 valence electrons. The highest BCUT2D eigenvalue weighted by Gasteiger charge is 2.20. The highest BCUT2D eigenvalue weighted by atomic mass is 35.5. The Labute approximate surface area is 138 Å². The number of halogens is 1. The number of fused-ring (bicyclic) bond motifs is 1. The summed E-state index contributed by atoms with van der Waals surface area (Å²) in [6.07, 6.45) is 0.772. The third-order valence-corrected chi connectivity index (χ3v) is 3.67. The second kappa shape index (κ2) is 7.53. The maximum atomic E-state index is 9.10. The second-order valence-electron chi connectivity index (χ2n) is 6.95. The summed E-state index contributed by atoms with van der Waals surface area (Å²) >= 11 is 6.30.